The number of aromatic nitrogens is 3. The first-order valence-electron chi connectivity index (χ1n) is 7.00. The van der Waals surface area contributed by atoms with E-state index in [0.29, 0.717) is 16.6 Å². The van der Waals surface area contributed by atoms with Gasteiger partial charge in [0.2, 0.25) is 0 Å². The third-order valence-corrected chi connectivity index (χ3v) is 4.68. The number of halogens is 2. The van der Waals surface area contributed by atoms with Crippen LogP contribution in [0, 0.1) is 0 Å². The Bertz CT molecular complexity index is 665. The first-order chi connectivity index (χ1) is 10.5. The molecule has 1 saturated heterocycles. The highest BCUT2D eigenvalue weighted by molar-refractivity contribution is 6.35. The van der Waals surface area contributed by atoms with Crippen LogP contribution in [0.25, 0.3) is 0 Å². The van der Waals surface area contributed by atoms with Crippen LogP contribution >= 0.6 is 23.2 Å². The normalized spacial score (nSPS) is 28.2. The van der Waals surface area contributed by atoms with E-state index in [9.17, 15) is 0 Å². The van der Waals surface area contributed by atoms with Crippen molar-refractivity contribution in [3.05, 3.63) is 46.5 Å². The predicted molar refractivity (Wildman–Crippen MR) is 83.9 cm³/mol. The van der Waals surface area contributed by atoms with E-state index in [1.165, 1.54) is 6.33 Å². The molecule has 1 aromatic carbocycles. The van der Waals surface area contributed by atoms with Gasteiger partial charge in [-0.2, -0.15) is 5.10 Å². The Morgan fingerprint density at radius 1 is 1.36 bits per heavy atom. The molecule has 2 unspecified atom stereocenters. The summed E-state index contributed by atoms with van der Waals surface area (Å²) in [5.41, 5.74) is 0.259. The molecule has 2 heterocycles. The summed E-state index contributed by atoms with van der Waals surface area (Å²) < 4.78 is 13.6. The van der Waals surface area contributed by atoms with Gasteiger partial charge in [0, 0.05) is 29.1 Å². The molecule has 0 saturated carbocycles. The van der Waals surface area contributed by atoms with Gasteiger partial charge in [-0.25, -0.2) is 9.67 Å². The molecule has 0 spiro atoms. The molecule has 0 bridgehead atoms. The van der Waals surface area contributed by atoms with Crippen LogP contribution in [0.5, 0.6) is 0 Å². The monoisotopic (exact) mass is 341 g/mol. The van der Waals surface area contributed by atoms with Crippen LogP contribution in [-0.4, -0.2) is 27.7 Å². The van der Waals surface area contributed by atoms with Gasteiger partial charge in [-0.1, -0.05) is 29.3 Å². The number of hydrogen-bond acceptors (Lipinski definition) is 4. The van der Waals surface area contributed by atoms with Crippen LogP contribution in [0.2, 0.25) is 10.0 Å². The summed E-state index contributed by atoms with van der Waals surface area (Å²) >= 11 is 12.4. The second-order valence-electron chi connectivity index (χ2n) is 5.65. The largest absolute Gasteiger partial charge is 0.353 e. The highest BCUT2D eigenvalue weighted by Gasteiger charge is 2.49. The van der Waals surface area contributed by atoms with Crippen molar-refractivity contribution < 1.29 is 9.47 Å². The van der Waals surface area contributed by atoms with Crippen molar-refractivity contribution in [1.82, 2.24) is 14.8 Å². The maximum atomic E-state index is 6.43. The molecular weight excluding hydrogens is 325 g/mol. The van der Waals surface area contributed by atoms with Crippen LogP contribution in [0.1, 0.15) is 25.3 Å². The minimum atomic E-state index is -0.649. The molecule has 7 heteroatoms. The Labute approximate surface area is 139 Å². The molecule has 5 nitrogen and oxygen atoms in total. The summed E-state index contributed by atoms with van der Waals surface area (Å²) in [5, 5.41) is 5.36. The molecule has 2 atom stereocenters. The summed E-state index contributed by atoms with van der Waals surface area (Å²) in [6.45, 7) is 2.44. The Balaban J connectivity index is 2.03. The van der Waals surface area contributed by atoms with Gasteiger partial charge in [0.15, 0.2) is 5.79 Å². The Hall–Kier alpha value is -1.14. The van der Waals surface area contributed by atoms with Crippen molar-refractivity contribution in [2.24, 2.45) is 0 Å². The number of hydrogen-bond donors (Lipinski definition) is 0. The molecule has 1 aromatic heterocycles. The van der Waals surface area contributed by atoms with Gasteiger partial charge in [-0.3, -0.25) is 0 Å². The van der Waals surface area contributed by atoms with Crippen molar-refractivity contribution in [2.75, 3.05) is 7.11 Å². The standard InChI is InChI=1S/C15H17Cl2N3O2/c1-14(21-2)5-6-15(22-14,8-20-10-18-9-19-20)12-4-3-11(16)7-13(12)17/h3-4,7,9-10H,5-6,8H2,1-2H3. The van der Waals surface area contributed by atoms with Gasteiger partial charge in [0.05, 0.1) is 6.54 Å². The number of ether oxygens (including phenoxy) is 2. The van der Waals surface area contributed by atoms with Crippen LogP contribution in [0.15, 0.2) is 30.9 Å². The summed E-state index contributed by atoms with van der Waals surface area (Å²) in [4.78, 5) is 3.99. The third kappa shape index (κ3) is 2.86. The van der Waals surface area contributed by atoms with E-state index in [-0.39, 0.29) is 0 Å². The van der Waals surface area contributed by atoms with Gasteiger partial charge in [0.1, 0.15) is 18.3 Å². The smallest absolute Gasteiger partial charge is 0.166 e. The van der Waals surface area contributed by atoms with E-state index < -0.39 is 11.4 Å². The van der Waals surface area contributed by atoms with Gasteiger partial charge in [-0.05, 0) is 25.5 Å². The van der Waals surface area contributed by atoms with E-state index >= 15 is 0 Å². The average molecular weight is 342 g/mol. The maximum Gasteiger partial charge on any atom is 0.166 e. The van der Waals surface area contributed by atoms with E-state index in [1.54, 1.807) is 24.2 Å². The van der Waals surface area contributed by atoms with Crippen LogP contribution in [-0.2, 0) is 21.6 Å². The Morgan fingerprint density at radius 2 is 2.18 bits per heavy atom. The third-order valence-electron chi connectivity index (χ3n) is 4.13. The molecule has 0 aliphatic carbocycles. The van der Waals surface area contributed by atoms with E-state index in [1.807, 2.05) is 19.1 Å². The van der Waals surface area contributed by atoms with E-state index in [0.717, 1.165) is 18.4 Å². The first-order valence-corrected chi connectivity index (χ1v) is 7.75. The van der Waals surface area contributed by atoms with E-state index in [4.69, 9.17) is 32.7 Å². The van der Waals surface area contributed by atoms with E-state index in [2.05, 4.69) is 10.1 Å². The van der Waals surface area contributed by atoms with Crippen molar-refractivity contribution in [2.45, 2.75) is 37.7 Å². The molecule has 1 fully saturated rings. The molecule has 22 heavy (non-hydrogen) atoms. The number of methoxy groups -OCH3 is 1. The zero-order valence-electron chi connectivity index (χ0n) is 12.4. The lowest BCUT2D eigenvalue weighted by atomic mass is 9.90. The summed E-state index contributed by atoms with van der Waals surface area (Å²) in [5.74, 6) is -0.649. The molecule has 2 aromatic rings. The number of rotatable bonds is 4. The van der Waals surface area contributed by atoms with Gasteiger partial charge in [0.25, 0.3) is 0 Å². The Morgan fingerprint density at radius 3 is 2.77 bits per heavy atom. The van der Waals surface area contributed by atoms with Crippen molar-refractivity contribution in [1.29, 1.82) is 0 Å². The zero-order chi connectivity index (χ0) is 15.8. The van der Waals surface area contributed by atoms with Crippen LogP contribution in [0.4, 0.5) is 0 Å². The topological polar surface area (TPSA) is 49.2 Å². The fourth-order valence-electron chi connectivity index (χ4n) is 2.91. The van der Waals surface area contributed by atoms with Crippen LogP contribution < -0.4 is 0 Å². The highest BCUT2D eigenvalue weighted by Crippen LogP contribution is 2.48. The molecule has 1 aliphatic heterocycles. The first kappa shape index (κ1) is 15.7. The number of benzene rings is 1. The predicted octanol–water partition coefficient (Wildman–Crippen LogP) is 3.65. The zero-order valence-corrected chi connectivity index (χ0v) is 13.9. The lowest BCUT2D eigenvalue weighted by Crippen LogP contribution is -2.37. The molecule has 118 valence electrons. The minimum absolute atomic E-state index is 0.507. The SMILES string of the molecule is COC1(C)CCC(Cn2cncn2)(c2ccc(Cl)cc2Cl)O1. The number of nitrogens with zero attached hydrogens (tertiary/aromatic N) is 3. The summed E-state index contributed by atoms with van der Waals surface area (Å²) in [6.07, 6.45) is 4.69. The van der Waals surface area contributed by atoms with Crippen LogP contribution in [0.3, 0.4) is 0 Å². The van der Waals surface area contributed by atoms with Crippen molar-refractivity contribution >= 4 is 23.2 Å². The maximum absolute atomic E-state index is 6.43. The summed E-state index contributed by atoms with van der Waals surface area (Å²) in [6, 6.07) is 5.45. The average Bonchev–Trinajstić information content (AvgIpc) is 3.09. The van der Waals surface area contributed by atoms with Gasteiger partial charge in [-0.15, -0.1) is 0 Å². The van der Waals surface area contributed by atoms with Crippen molar-refractivity contribution in [3.63, 3.8) is 0 Å². The fraction of sp³-hybridized carbons (Fsp3) is 0.467. The lowest BCUT2D eigenvalue weighted by Gasteiger charge is -2.33. The summed E-state index contributed by atoms with van der Waals surface area (Å²) in [7, 11) is 1.65. The molecule has 0 radical (unpaired) electrons. The van der Waals surface area contributed by atoms with Gasteiger partial charge >= 0.3 is 0 Å². The molecule has 0 N–H and O–H groups in total. The minimum Gasteiger partial charge on any atom is -0.353 e. The lowest BCUT2D eigenvalue weighted by molar-refractivity contribution is -0.235. The molecule has 3 rings (SSSR count). The molecule has 0 amide bonds. The second-order valence-corrected chi connectivity index (χ2v) is 6.50. The quantitative estimate of drug-likeness (QED) is 0.851. The van der Waals surface area contributed by atoms with Gasteiger partial charge < -0.3 is 9.47 Å². The molecular formula is C15H17Cl2N3O2. The second kappa shape index (κ2) is 5.81. The Kier molecular flexibility index (Phi) is 4.16. The van der Waals surface area contributed by atoms with Crippen molar-refractivity contribution in [3.8, 4) is 0 Å². The fourth-order valence-corrected chi connectivity index (χ4v) is 3.49. The highest BCUT2D eigenvalue weighted by atomic mass is 35.5. The molecule has 1 aliphatic rings.